The van der Waals surface area contributed by atoms with Crippen LogP contribution in [0.5, 0.6) is 0 Å². The van der Waals surface area contributed by atoms with Crippen molar-refractivity contribution >= 4 is 11.4 Å². The first-order chi connectivity index (χ1) is 20.4. The van der Waals surface area contributed by atoms with E-state index in [0.717, 1.165) is 41.3 Å². The molecule has 1 fully saturated rings. The van der Waals surface area contributed by atoms with E-state index in [9.17, 15) is 0 Å². The van der Waals surface area contributed by atoms with Crippen molar-refractivity contribution in [3.05, 3.63) is 129 Å². The molecule has 2 heteroatoms. The van der Waals surface area contributed by atoms with Gasteiger partial charge >= 0.3 is 0 Å². The van der Waals surface area contributed by atoms with Gasteiger partial charge in [-0.1, -0.05) is 112 Å². The first-order valence-electron chi connectivity index (χ1n) is 16.2. The summed E-state index contributed by atoms with van der Waals surface area (Å²) in [6.45, 7) is 6.49. The topological polar surface area (TPSA) is 52.0 Å². The van der Waals surface area contributed by atoms with Crippen LogP contribution in [-0.4, -0.2) is 0 Å². The lowest BCUT2D eigenvalue weighted by molar-refractivity contribution is 0.250. The van der Waals surface area contributed by atoms with Crippen molar-refractivity contribution in [1.29, 1.82) is 0 Å². The number of nitrogen functional groups attached to an aromatic ring is 2. The molecule has 4 N–H and O–H groups in total. The van der Waals surface area contributed by atoms with Crippen molar-refractivity contribution in [2.24, 2.45) is 5.92 Å². The van der Waals surface area contributed by atoms with Crippen molar-refractivity contribution in [2.45, 2.75) is 96.8 Å². The van der Waals surface area contributed by atoms with Crippen LogP contribution in [0.15, 0.2) is 84.9 Å². The Balaban J connectivity index is 1.36. The van der Waals surface area contributed by atoms with Gasteiger partial charge in [0.25, 0.3) is 0 Å². The zero-order valence-corrected chi connectivity index (χ0v) is 26.1. The summed E-state index contributed by atoms with van der Waals surface area (Å²) < 4.78 is 0. The van der Waals surface area contributed by atoms with Gasteiger partial charge in [0.2, 0.25) is 0 Å². The highest BCUT2D eigenvalue weighted by Gasteiger charge is 2.38. The van der Waals surface area contributed by atoms with Crippen LogP contribution in [0.1, 0.15) is 109 Å². The molecule has 220 valence electrons. The van der Waals surface area contributed by atoms with Crippen molar-refractivity contribution in [2.75, 3.05) is 11.5 Å². The lowest BCUT2D eigenvalue weighted by atomic mass is 9.62. The monoisotopic (exact) mass is 558 g/mol. The van der Waals surface area contributed by atoms with Gasteiger partial charge in [-0.2, -0.15) is 0 Å². The van der Waals surface area contributed by atoms with Crippen LogP contribution in [0.3, 0.4) is 0 Å². The second kappa shape index (κ2) is 13.6. The summed E-state index contributed by atoms with van der Waals surface area (Å²) in [5.41, 5.74) is 24.6. The minimum atomic E-state index is 0.0898. The van der Waals surface area contributed by atoms with Crippen LogP contribution in [-0.2, 0) is 18.3 Å². The molecule has 0 unspecified atom stereocenters. The number of unbranched alkanes of at least 4 members (excludes halogenated alkanes) is 3. The number of anilines is 2. The van der Waals surface area contributed by atoms with Gasteiger partial charge in [0, 0.05) is 16.8 Å². The molecule has 0 radical (unpaired) electrons. The Morgan fingerprint density at radius 2 is 1.05 bits per heavy atom. The number of hydrogen-bond acceptors (Lipinski definition) is 2. The van der Waals surface area contributed by atoms with Crippen molar-refractivity contribution < 1.29 is 0 Å². The molecular weight excluding hydrogens is 508 g/mol. The minimum Gasteiger partial charge on any atom is -0.399 e. The third-order valence-corrected chi connectivity index (χ3v) is 9.92. The summed E-state index contributed by atoms with van der Waals surface area (Å²) in [7, 11) is 0. The smallest absolute Gasteiger partial charge is 0.0343 e. The molecule has 2 nitrogen and oxygen atoms in total. The van der Waals surface area contributed by atoms with Crippen LogP contribution in [0.25, 0.3) is 0 Å². The van der Waals surface area contributed by atoms with Gasteiger partial charge < -0.3 is 11.5 Å². The van der Waals surface area contributed by atoms with Crippen LogP contribution >= 0.6 is 0 Å². The number of aryl methyl sites for hydroxylation is 2. The lowest BCUT2D eigenvalue weighted by Crippen LogP contribution is -2.33. The second-order valence-electron chi connectivity index (χ2n) is 13.0. The maximum absolute atomic E-state index is 6.06. The number of nitrogens with two attached hydrogens (primary N) is 2. The largest absolute Gasteiger partial charge is 0.399 e. The Morgan fingerprint density at radius 3 is 1.48 bits per heavy atom. The molecule has 42 heavy (non-hydrogen) atoms. The van der Waals surface area contributed by atoms with E-state index in [1.54, 1.807) is 0 Å². The van der Waals surface area contributed by atoms with E-state index < -0.39 is 0 Å². The van der Waals surface area contributed by atoms with E-state index in [0.29, 0.717) is 0 Å². The average Bonchev–Trinajstić information content (AvgIpc) is 3.00. The van der Waals surface area contributed by atoms with E-state index in [-0.39, 0.29) is 5.41 Å². The molecule has 0 spiro atoms. The standard InChI is InChI=1S/C40H50N2/c1-4-5-6-7-8-31-21-23-40(24-22-31,36-15-9-32(10-16-36)27-34-13-19-38(41)29(2)25-34)37-17-11-33(12-18-37)28-35-14-20-39(42)30(3)26-35/h9-20,25-26,31H,4-8,21-24,27-28,41-42H2,1-3H3. The van der Waals surface area contributed by atoms with Gasteiger partial charge in [0.05, 0.1) is 0 Å². The summed E-state index contributed by atoms with van der Waals surface area (Å²) in [6, 6.07) is 32.0. The molecule has 1 saturated carbocycles. The lowest BCUT2D eigenvalue weighted by Gasteiger charge is -2.42. The van der Waals surface area contributed by atoms with Gasteiger partial charge in [-0.25, -0.2) is 0 Å². The summed E-state index contributed by atoms with van der Waals surface area (Å²) in [5, 5.41) is 0. The predicted molar refractivity (Wildman–Crippen MR) is 181 cm³/mol. The fourth-order valence-electron chi connectivity index (χ4n) is 7.11. The van der Waals surface area contributed by atoms with Crippen LogP contribution in [0.4, 0.5) is 11.4 Å². The van der Waals surface area contributed by atoms with E-state index in [1.165, 1.54) is 91.2 Å². The van der Waals surface area contributed by atoms with Crippen molar-refractivity contribution in [1.82, 2.24) is 0 Å². The molecule has 0 atom stereocenters. The van der Waals surface area contributed by atoms with Gasteiger partial charge in [0.15, 0.2) is 0 Å². The minimum absolute atomic E-state index is 0.0898. The zero-order chi connectivity index (χ0) is 29.5. The molecule has 1 aliphatic carbocycles. The molecule has 0 aromatic heterocycles. The zero-order valence-electron chi connectivity index (χ0n) is 26.1. The molecule has 4 aromatic rings. The van der Waals surface area contributed by atoms with Crippen molar-refractivity contribution in [3.8, 4) is 0 Å². The normalized spacial score (nSPS) is 15.1. The molecule has 0 saturated heterocycles. The van der Waals surface area contributed by atoms with Crippen LogP contribution in [0.2, 0.25) is 0 Å². The molecule has 1 aliphatic rings. The summed E-state index contributed by atoms with van der Waals surface area (Å²) in [6.07, 6.45) is 13.9. The third kappa shape index (κ3) is 7.09. The number of hydrogen-bond donors (Lipinski definition) is 2. The molecule has 0 amide bonds. The summed E-state index contributed by atoms with van der Waals surface area (Å²) in [5.74, 6) is 0.871. The molecule has 0 aliphatic heterocycles. The molecule has 5 rings (SSSR count). The Bertz CT molecular complexity index is 1340. The third-order valence-electron chi connectivity index (χ3n) is 9.92. The van der Waals surface area contributed by atoms with Crippen molar-refractivity contribution in [3.63, 3.8) is 0 Å². The highest BCUT2D eigenvalue weighted by molar-refractivity contribution is 5.50. The van der Waals surface area contributed by atoms with Gasteiger partial charge in [-0.05, 0) is 115 Å². The number of rotatable bonds is 11. The van der Waals surface area contributed by atoms with E-state index >= 15 is 0 Å². The van der Waals surface area contributed by atoms with E-state index in [1.807, 2.05) is 12.1 Å². The maximum atomic E-state index is 6.06. The fraction of sp³-hybridized carbons (Fsp3) is 0.400. The molecular formula is C40H50N2. The fourth-order valence-corrected chi connectivity index (χ4v) is 7.11. The van der Waals surface area contributed by atoms with Crippen LogP contribution < -0.4 is 11.5 Å². The van der Waals surface area contributed by atoms with Gasteiger partial charge in [-0.3, -0.25) is 0 Å². The quantitative estimate of drug-likeness (QED) is 0.142. The average molecular weight is 559 g/mol. The Morgan fingerprint density at radius 1 is 0.595 bits per heavy atom. The predicted octanol–water partition coefficient (Wildman–Crippen LogP) is 10.1. The summed E-state index contributed by atoms with van der Waals surface area (Å²) >= 11 is 0. The van der Waals surface area contributed by atoms with Gasteiger partial charge in [0.1, 0.15) is 0 Å². The highest BCUT2D eigenvalue weighted by Crippen LogP contribution is 2.47. The Kier molecular flexibility index (Phi) is 9.73. The first kappa shape index (κ1) is 30.0. The molecule has 4 aromatic carbocycles. The molecule has 0 heterocycles. The second-order valence-corrected chi connectivity index (χ2v) is 13.0. The Hall–Kier alpha value is -3.52. The van der Waals surface area contributed by atoms with Gasteiger partial charge in [-0.15, -0.1) is 0 Å². The van der Waals surface area contributed by atoms with E-state index in [4.69, 9.17) is 11.5 Å². The summed E-state index contributed by atoms with van der Waals surface area (Å²) in [4.78, 5) is 0. The maximum Gasteiger partial charge on any atom is 0.0343 e. The highest BCUT2D eigenvalue weighted by atomic mass is 14.6. The first-order valence-corrected chi connectivity index (χ1v) is 16.2. The van der Waals surface area contributed by atoms with Crippen LogP contribution in [0, 0.1) is 19.8 Å². The van der Waals surface area contributed by atoms with E-state index in [2.05, 4.69) is 93.6 Å². The molecule has 0 bridgehead atoms. The Labute approximate surface area is 254 Å². The number of benzene rings is 4. The SMILES string of the molecule is CCCCCCC1CCC(c2ccc(Cc3ccc(N)c(C)c3)cc2)(c2ccc(Cc3ccc(N)c(C)c3)cc2)CC1.